The number of nitrogens with one attached hydrogen (secondary N) is 1. The molecule has 1 aliphatic heterocycles. The number of carbonyl (C=O) groups is 2. The lowest BCUT2D eigenvalue weighted by molar-refractivity contribution is -0.160. The molecule has 3 aromatic rings. The van der Waals surface area contributed by atoms with Gasteiger partial charge in [0.15, 0.2) is 0 Å². The quantitative estimate of drug-likeness (QED) is 0.227. The van der Waals surface area contributed by atoms with Crippen molar-refractivity contribution in [1.82, 2.24) is 14.9 Å². The van der Waals surface area contributed by atoms with Crippen LogP contribution in [-0.4, -0.2) is 42.8 Å². The van der Waals surface area contributed by atoms with E-state index >= 15 is 0 Å². The van der Waals surface area contributed by atoms with Crippen LogP contribution in [0.1, 0.15) is 49.4 Å². The summed E-state index contributed by atoms with van der Waals surface area (Å²) in [4.78, 5) is 42.3. The van der Waals surface area contributed by atoms with Gasteiger partial charge < -0.3 is 19.4 Å². The van der Waals surface area contributed by atoms with Crippen molar-refractivity contribution in [1.29, 1.82) is 0 Å². The normalized spacial score (nSPS) is 14.6. The number of nitrogens with zero attached hydrogens (tertiary/aromatic N) is 2. The zero-order valence-corrected chi connectivity index (χ0v) is 20.4. The van der Waals surface area contributed by atoms with Crippen molar-refractivity contribution in [3.8, 4) is 11.4 Å². The summed E-state index contributed by atoms with van der Waals surface area (Å²) in [5.74, 6) is -1.68. The summed E-state index contributed by atoms with van der Waals surface area (Å²) in [6, 6.07) is 9.75. The zero-order chi connectivity index (χ0) is 25.3. The Morgan fingerprint density at radius 2 is 2.06 bits per heavy atom. The number of pyridine rings is 2. The van der Waals surface area contributed by atoms with Crippen LogP contribution in [0.25, 0.3) is 22.3 Å². The third kappa shape index (κ3) is 4.14. The van der Waals surface area contributed by atoms with Gasteiger partial charge in [0.05, 0.1) is 35.0 Å². The maximum absolute atomic E-state index is 13.7. The average Bonchev–Trinajstić information content (AvgIpc) is 3.24. The number of para-hydroxylation sites is 1. The molecule has 2 atom stereocenters. The smallest absolute Gasteiger partial charge is 0.314 e. The van der Waals surface area contributed by atoms with E-state index in [1.807, 2.05) is 37.3 Å². The van der Waals surface area contributed by atoms with E-state index in [9.17, 15) is 14.4 Å². The number of aryl methyl sites for hydroxylation is 1. The third-order valence-electron chi connectivity index (χ3n) is 6.86. The van der Waals surface area contributed by atoms with Gasteiger partial charge in [0.1, 0.15) is 20.1 Å². The largest absolute Gasteiger partial charge is 0.463 e. The lowest BCUT2D eigenvalue weighted by Crippen LogP contribution is -2.42. The van der Waals surface area contributed by atoms with E-state index in [0.717, 1.165) is 34.1 Å². The molecule has 9 heteroatoms. The molecule has 0 fully saturated rings. The van der Waals surface area contributed by atoms with Crippen LogP contribution in [0.5, 0.6) is 0 Å². The summed E-state index contributed by atoms with van der Waals surface area (Å²) in [7, 11) is 7.36. The van der Waals surface area contributed by atoms with Gasteiger partial charge in [-0.2, -0.15) is 0 Å². The minimum Gasteiger partial charge on any atom is -0.463 e. The number of hydrogen-bond acceptors (Lipinski definition) is 7. The number of benzene rings is 1. The van der Waals surface area contributed by atoms with Gasteiger partial charge in [-0.15, -0.1) is 0 Å². The molecule has 3 heterocycles. The fraction of sp³-hybridized carbons (Fsp3) is 0.385. The van der Waals surface area contributed by atoms with Crippen LogP contribution in [0.15, 0.2) is 35.1 Å². The Labute approximate surface area is 205 Å². The molecule has 4 rings (SSSR count). The highest BCUT2D eigenvalue weighted by atomic mass is 16.6. The second kappa shape index (κ2) is 9.66. The van der Waals surface area contributed by atoms with E-state index in [1.165, 1.54) is 0 Å². The summed E-state index contributed by atoms with van der Waals surface area (Å²) >= 11 is 0. The first-order valence-electron chi connectivity index (χ1n) is 11.7. The van der Waals surface area contributed by atoms with Gasteiger partial charge in [0.2, 0.25) is 0 Å². The Morgan fingerprint density at radius 3 is 2.71 bits per heavy atom. The highest BCUT2D eigenvalue weighted by Crippen LogP contribution is 2.39. The lowest BCUT2D eigenvalue weighted by Gasteiger charge is -2.32. The van der Waals surface area contributed by atoms with Gasteiger partial charge in [0.25, 0.3) is 12.0 Å². The minimum atomic E-state index is -1.19. The van der Waals surface area contributed by atoms with Crippen LogP contribution in [0.4, 0.5) is 0 Å². The first-order chi connectivity index (χ1) is 16.8. The van der Waals surface area contributed by atoms with E-state index in [2.05, 4.69) is 12.2 Å². The Hall–Kier alpha value is -3.46. The average molecular weight is 473 g/mol. The second-order valence-electron chi connectivity index (χ2n) is 8.78. The molecule has 0 bridgehead atoms. The summed E-state index contributed by atoms with van der Waals surface area (Å²) < 4.78 is 12.5. The van der Waals surface area contributed by atoms with E-state index in [4.69, 9.17) is 22.3 Å². The summed E-state index contributed by atoms with van der Waals surface area (Å²) in [5, 5.41) is 3.73. The van der Waals surface area contributed by atoms with Crippen LogP contribution in [0, 0.1) is 0 Å². The molecule has 0 aliphatic carbocycles. The van der Waals surface area contributed by atoms with Gasteiger partial charge in [0, 0.05) is 16.5 Å². The molecule has 180 valence electrons. The molecule has 0 spiro atoms. The monoisotopic (exact) mass is 473 g/mol. The highest BCUT2D eigenvalue weighted by molar-refractivity contribution is 6.22. The summed E-state index contributed by atoms with van der Waals surface area (Å²) in [5.41, 5.74) is 3.60. The first kappa shape index (κ1) is 24.7. The highest BCUT2D eigenvalue weighted by Gasteiger charge is 2.37. The fourth-order valence-corrected chi connectivity index (χ4v) is 4.76. The molecule has 1 aromatic carbocycles. The Bertz CT molecular complexity index is 1370. The standard InChI is InChI=1S/C26H28BN3O5/c1-5-15-16-9-7-8-10-20(16)29-22-17(15)12-30-21(22)11-19(18(24(30)32)13-34-14-31)26(3,6-2)35-25(33)23(27)28-4/h7-11,14,23,28H,5-6,12-13H2,1-4H3. The predicted octanol–water partition coefficient (Wildman–Crippen LogP) is 2.54. The SMILES string of the molecule is [B]C(NC)C(=O)OC(C)(CC)c1cc2n(c(=O)c1COC=O)Cc1c-2nc2ccccc2c1CC. The Kier molecular flexibility index (Phi) is 6.80. The maximum Gasteiger partial charge on any atom is 0.314 e. The number of ether oxygens (including phenoxy) is 2. The van der Waals surface area contributed by atoms with Gasteiger partial charge in [-0.3, -0.25) is 14.4 Å². The molecule has 2 unspecified atom stereocenters. The number of hydrogen-bond donors (Lipinski definition) is 1. The number of likely N-dealkylation sites (N-methyl/N-ethyl adjacent to an activating group) is 1. The molecule has 8 nitrogen and oxygen atoms in total. The van der Waals surface area contributed by atoms with E-state index < -0.39 is 17.5 Å². The number of fused-ring (bicyclic) bond motifs is 4. The lowest BCUT2D eigenvalue weighted by atomic mass is 9.88. The fourth-order valence-electron chi connectivity index (χ4n) is 4.76. The number of aromatic nitrogens is 2. The van der Waals surface area contributed by atoms with Crippen molar-refractivity contribution in [3.63, 3.8) is 0 Å². The van der Waals surface area contributed by atoms with E-state index in [-0.39, 0.29) is 17.7 Å². The summed E-state index contributed by atoms with van der Waals surface area (Å²) in [6.07, 6.45) is 1.15. The number of carbonyl (C=O) groups excluding carboxylic acids is 2. The van der Waals surface area contributed by atoms with Crippen molar-refractivity contribution < 1.29 is 19.1 Å². The van der Waals surface area contributed by atoms with Gasteiger partial charge in [-0.25, -0.2) is 4.98 Å². The minimum absolute atomic E-state index is 0.241. The summed E-state index contributed by atoms with van der Waals surface area (Å²) in [6.45, 7) is 6.08. The van der Waals surface area contributed by atoms with E-state index in [1.54, 1.807) is 18.5 Å². The topological polar surface area (TPSA) is 99.5 Å². The molecule has 1 aliphatic rings. The molecular weight excluding hydrogens is 445 g/mol. The van der Waals surface area contributed by atoms with Crippen molar-refractivity contribution in [3.05, 3.63) is 62.9 Å². The van der Waals surface area contributed by atoms with Crippen molar-refractivity contribution in [2.45, 2.75) is 58.3 Å². The predicted molar refractivity (Wildman–Crippen MR) is 133 cm³/mol. The molecule has 0 saturated heterocycles. The van der Waals surface area contributed by atoms with Gasteiger partial charge >= 0.3 is 5.97 Å². The van der Waals surface area contributed by atoms with Crippen LogP contribution in [-0.2, 0) is 44.2 Å². The molecule has 2 aromatic heterocycles. The second-order valence-corrected chi connectivity index (χ2v) is 8.78. The van der Waals surface area contributed by atoms with Crippen molar-refractivity contribution >= 4 is 31.2 Å². The van der Waals surface area contributed by atoms with Gasteiger partial charge in [-0.1, -0.05) is 32.0 Å². The van der Waals surface area contributed by atoms with Crippen LogP contribution >= 0.6 is 0 Å². The molecule has 0 amide bonds. The maximum atomic E-state index is 13.7. The van der Waals surface area contributed by atoms with Crippen molar-refractivity contribution in [2.24, 2.45) is 0 Å². The molecule has 0 saturated carbocycles. The van der Waals surface area contributed by atoms with Crippen molar-refractivity contribution in [2.75, 3.05) is 7.05 Å². The Balaban J connectivity index is 1.96. The van der Waals surface area contributed by atoms with Crippen LogP contribution in [0.2, 0.25) is 0 Å². The zero-order valence-electron chi connectivity index (χ0n) is 20.4. The van der Waals surface area contributed by atoms with E-state index in [0.29, 0.717) is 30.7 Å². The number of esters is 1. The van der Waals surface area contributed by atoms with Crippen LogP contribution < -0.4 is 10.9 Å². The first-order valence-corrected chi connectivity index (χ1v) is 11.7. The third-order valence-corrected chi connectivity index (χ3v) is 6.86. The molecular formula is C26H28BN3O5. The van der Waals surface area contributed by atoms with Gasteiger partial charge in [-0.05, 0) is 44.5 Å². The Morgan fingerprint density at radius 1 is 1.31 bits per heavy atom. The van der Waals surface area contributed by atoms with Crippen LogP contribution in [0.3, 0.4) is 0 Å². The molecule has 1 N–H and O–H groups in total. The molecule has 35 heavy (non-hydrogen) atoms. The number of rotatable bonds is 9. The molecule has 2 radical (unpaired) electrons.